The highest BCUT2D eigenvalue weighted by Gasteiger charge is 2.34. The molecule has 4 heteroatoms. The van der Waals surface area contributed by atoms with Gasteiger partial charge in [-0.2, -0.15) is 5.06 Å². The molecule has 104 valence electrons. The molecule has 0 aromatic heterocycles. The normalized spacial score (nSPS) is 29.7. The van der Waals surface area contributed by atoms with Crippen molar-refractivity contribution in [1.82, 2.24) is 9.96 Å². The maximum atomic E-state index is 9.90. The zero-order valence-corrected chi connectivity index (χ0v) is 11.2. The third-order valence-electron chi connectivity index (χ3n) is 4.10. The van der Waals surface area contributed by atoms with E-state index in [4.69, 9.17) is 4.74 Å². The van der Waals surface area contributed by atoms with Crippen LogP contribution in [0.5, 0.6) is 0 Å². The van der Waals surface area contributed by atoms with Gasteiger partial charge in [-0.1, -0.05) is 30.3 Å². The Hall–Kier alpha value is -0.940. The highest BCUT2D eigenvalue weighted by molar-refractivity contribution is 5.14. The highest BCUT2D eigenvalue weighted by Crippen LogP contribution is 2.26. The lowest BCUT2D eigenvalue weighted by atomic mass is 9.96. The zero-order valence-electron chi connectivity index (χ0n) is 11.2. The van der Waals surface area contributed by atoms with Crippen LogP contribution in [0.4, 0.5) is 0 Å². The van der Waals surface area contributed by atoms with Crippen molar-refractivity contribution >= 4 is 0 Å². The van der Waals surface area contributed by atoms with Crippen molar-refractivity contribution in [2.75, 3.05) is 26.2 Å². The van der Waals surface area contributed by atoms with E-state index >= 15 is 0 Å². The van der Waals surface area contributed by atoms with E-state index in [1.54, 1.807) is 0 Å². The fourth-order valence-electron chi connectivity index (χ4n) is 3.14. The van der Waals surface area contributed by atoms with Crippen LogP contribution in [0, 0.1) is 5.92 Å². The van der Waals surface area contributed by atoms with Crippen LogP contribution in [-0.4, -0.2) is 47.6 Å². The predicted molar refractivity (Wildman–Crippen MR) is 72.7 cm³/mol. The fraction of sp³-hybridized carbons (Fsp3) is 0.600. The van der Waals surface area contributed by atoms with Crippen molar-refractivity contribution in [3.8, 4) is 0 Å². The minimum absolute atomic E-state index is 0.102. The second kappa shape index (κ2) is 6.01. The summed E-state index contributed by atoms with van der Waals surface area (Å²) < 4.78 is 5.82. The Balaban J connectivity index is 1.65. The zero-order chi connectivity index (χ0) is 13.1. The molecule has 0 amide bonds. The van der Waals surface area contributed by atoms with Gasteiger partial charge >= 0.3 is 0 Å². The monoisotopic (exact) mass is 262 g/mol. The summed E-state index contributed by atoms with van der Waals surface area (Å²) in [6.45, 7) is 4.36. The van der Waals surface area contributed by atoms with Gasteiger partial charge in [-0.15, -0.1) is 0 Å². The van der Waals surface area contributed by atoms with Gasteiger partial charge in [-0.05, 0) is 18.4 Å². The summed E-state index contributed by atoms with van der Waals surface area (Å²) in [5.74, 6) is 0.421. The molecule has 1 aromatic carbocycles. The minimum Gasteiger partial charge on any atom is -0.359 e. The molecule has 2 atom stereocenters. The van der Waals surface area contributed by atoms with Gasteiger partial charge in [0, 0.05) is 32.1 Å². The van der Waals surface area contributed by atoms with E-state index < -0.39 is 0 Å². The number of hydrogen-bond acceptors (Lipinski definition) is 4. The number of hydroxylamine groups is 2. The van der Waals surface area contributed by atoms with Crippen LogP contribution in [-0.2, 0) is 11.3 Å². The maximum Gasteiger partial charge on any atom is 0.136 e. The Morgan fingerprint density at radius 1 is 1.21 bits per heavy atom. The first-order valence-electron chi connectivity index (χ1n) is 7.16. The Labute approximate surface area is 114 Å². The third-order valence-corrected chi connectivity index (χ3v) is 4.10. The Bertz CT molecular complexity index is 398. The summed E-state index contributed by atoms with van der Waals surface area (Å²) in [5, 5.41) is 11.3. The minimum atomic E-state index is -0.102. The lowest BCUT2D eigenvalue weighted by Crippen LogP contribution is -2.46. The number of benzene rings is 1. The number of ether oxygens (including phenoxy) is 1. The van der Waals surface area contributed by atoms with E-state index in [1.165, 1.54) is 10.6 Å². The molecule has 3 rings (SSSR count). The second-order valence-corrected chi connectivity index (χ2v) is 5.55. The van der Waals surface area contributed by atoms with Gasteiger partial charge in [0.05, 0.1) is 6.61 Å². The predicted octanol–water partition coefficient (Wildman–Crippen LogP) is 1.95. The van der Waals surface area contributed by atoms with Gasteiger partial charge in [-0.25, -0.2) is 0 Å². The highest BCUT2D eigenvalue weighted by atomic mass is 16.6. The largest absolute Gasteiger partial charge is 0.359 e. The summed E-state index contributed by atoms with van der Waals surface area (Å²) in [6, 6.07) is 10.6. The van der Waals surface area contributed by atoms with E-state index in [9.17, 15) is 5.21 Å². The van der Waals surface area contributed by atoms with Crippen LogP contribution in [0.25, 0.3) is 0 Å². The van der Waals surface area contributed by atoms with Crippen LogP contribution in [0.15, 0.2) is 30.3 Å². The number of rotatable bonds is 2. The molecule has 2 aliphatic rings. The maximum absolute atomic E-state index is 9.90. The molecular weight excluding hydrogens is 240 g/mol. The van der Waals surface area contributed by atoms with E-state index in [0.29, 0.717) is 12.5 Å². The van der Waals surface area contributed by atoms with Crippen molar-refractivity contribution < 1.29 is 9.94 Å². The van der Waals surface area contributed by atoms with E-state index in [2.05, 4.69) is 35.2 Å². The van der Waals surface area contributed by atoms with Gasteiger partial charge < -0.3 is 9.94 Å². The molecule has 0 bridgehead atoms. The molecule has 0 radical (unpaired) electrons. The van der Waals surface area contributed by atoms with Crippen molar-refractivity contribution in [3.05, 3.63) is 35.9 Å². The standard InChI is InChI=1S/C15H22N2O2/c18-17-8-4-7-14-12-16(9-10-19-15(14)17)11-13-5-2-1-3-6-13/h1-3,5-6,14-15,18H,4,7-12H2. The van der Waals surface area contributed by atoms with E-state index in [0.717, 1.165) is 39.0 Å². The number of fused-ring (bicyclic) bond motifs is 1. The van der Waals surface area contributed by atoms with Gasteiger partial charge in [0.2, 0.25) is 0 Å². The number of nitrogens with zero attached hydrogens (tertiary/aromatic N) is 2. The average molecular weight is 262 g/mol. The summed E-state index contributed by atoms with van der Waals surface area (Å²) >= 11 is 0. The van der Waals surface area contributed by atoms with Gasteiger partial charge in [0.25, 0.3) is 0 Å². The third kappa shape index (κ3) is 3.15. The molecule has 0 aliphatic carbocycles. The molecule has 2 fully saturated rings. The van der Waals surface area contributed by atoms with Gasteiger partial charge in [-0.3, -0.25) is 4.90 Å². The lowest BCUT2D eigenvalue weighted by Gasteiger charge is -2.36. The molecule has 4 nitrogen and oxygen atoms in total. The summed E-state index contributed by atoms with van der Waals surface area (Å²) in [4.78, 5) is 2.44. The molecular formula is C15H22N2O2. The van der Waals surface area contributed by atoms with Crippen molar-refractivity contribution in [2.24, 2.45) is 5.92 Å². The van der Waals surface area contributed by atoms with Crippen molar-refractivity contribution in [3.63, 3.8) is 0 Å². The number of hydrogen-bond donors (Lipinski definition) is 1. The SMILES string of the molecule is ON1CCCC2CN(Cc3ccccc3)CCOC21. The first kappa shape index (κ1) is 13.1. The number of piperidine rings is 1. The van der Waals surface area contributed by atoms with Crippen LogP contribution in [0.1, 0.15) is 18.4 Å². The smallest absolute Gasteiger partial charge is 0.136 e. The fourth-order valence-corrected chi connectivity index (χ4v) is 3.14. The molecule has 19 heavy (non-hydrogen) atoms. The molecule has 0 spiro atoms. The summed E-state index contributed by atoms with van der Waals surface area (Å²) in [7, 11) is 0. The van der Waals surface area contributed by atoms with Crippen LogP contribution in [0.3, 0.4) is 0 Å². The van der Waals surface area contributed by atoms with Crippen LogP contribution < -0.4 is 0 Å². The Kier molecular flexibility index (Phi) is 4.13. The molecule has 1 N–H and O–H groups in total. The van der Waals surface area contributed by atoms with Gasteiger partial charge in [0.1, 0.15) is 6.23 Å². The van der Waals surface area contributed by atoms with Gasteiger partial charge in [0.15, 0.2) is 0 Å². The molecule has 2 aliphatic heterocycles. The first-order valence-corrected chi connectivity index (χ1v) is 7.16. The molecule has 0 saturated carbocycles. The topological polar surface area (TPSA) is 35.9 Å². The van der Waals surface area contributed by atoms with Crippen molar-refractivity contribution in [2.45, 2.75) is 25.6 Å². The van der Waals surface area contributed by atoms with Crippen molar-refractivity contribution in [1.29, 1.82) is 0 Å². The summed E-state index contributed by atoms with van der Waals surface area (Å²) in [5.41, 5.74) is 1.35. The Morgan fingerprint density at radius 3 is 2.89 bits per heavy atom. The summed E-state index contributed by atoms with van der Waals surface area (Å²) in [6.07, 6.45) is 2.10. The molecule has 1 aromatic rings. The first-order chi connectivity index (χ1) is 9.33. The van der Waals surface area contributed by atoms with Crippen LogP contribution in [0.2, 0.25) is 0 Å². The second-order valence-electron chi connectivity index (χ2n) is 5.55. The molecule has 2 unspecified atom stereocenters. The average Bonchev–Trinajstić information content (AvgIpc) is 2.63. The lowest BCUT2D eigenvalue weighted by molar-refractivity contribution is -0.244. The van der Waals surface area contributed by atoms with Crippen LogP contribution >= 0.6 is 0 Å². The quantitative estimate of drug-likeness (QED) is 0.883. The van der Waals surface area contributed by atoms with E-state index in [1.807, 2.05) is 0 Å². The Morgan fingerprint density at radius 2 is 2.05 bits per heavy atom. The van der Waals surface area contributed by atoms with E-state index in [-0.39, 0.29) is 6.23 Å². The molecule has 2 heterocycles. The molecule has 2 saturated heterocycles.